The van der Waals surface area contributed by atoms with Gasteiger partial charge in [-0.3, -0.25) is 0 Å². The second-order valence-electron chi connectivity index (χ2n) is 17.9. The van der Waals surface area contributed by atoms with E-state index in [1.165, 1.54) is 0 Å². The normalized spacial score (nSPS) is 11.8. The maximum atomic E-state index is 12.3. The molecular formula is C63H38N6. The number of nitriles is 2. The first-order chi connectivity index (χ1) is 34.1. The van der Waals surface area contributed by atoms with Gasteiger partial charge in [0.05, 0.1) is 61.2 Å². The molecule has 6 nitrogen and oxygen atoms in total. The molecule has 4 aromatic heterocycles. The van der Waals surface area contributed by atoms with Crippen molar-refractivity contribution in [3.63, 3.8) is 0 Å². The first-order valence-corrected chi connectivity index (χ1v) is 23.2. The molecule has 10 aromatic carbocycles. The van der Waals surface area contributed by atoms with Crippen LogP contribution in [0, 0.1) is 29.6 Å². The molecule has 0 saturated heterocycles. The van der Waals surface area contributed by atoms with E-state index in [2.05, 4.69) is 244 Å². The highest BCUT2D eigenvalue weighted by molar-refractivity contribution is 6.26. The third kappa shape index (κ3) is 5.29. The number of benzene rings is 10. The van der Waals surface area contributed by atoms with E-state index in [1.54, 1.807) is 0 Å². The number of fused-ring (bicyclic) bond motifs is 13. The predicted molar refractivity (Wildman–Crippen MR) is 283 cm³/mol. The summed E-state index contributed by atoms with van der Waals surface area (Å²) in [6.45, 7) is 2.09. The van der Waals surface area contributed by atoms with Crippen molar-refractivity contribution < 1.29 is 0 Å². The van der Waals surface area contributed by atoms with E-state index in [9.17, 15) is 10.5 Å². The Bertz CT molecular complexity index is 4300. The molecule has 0 atom stereocenters. The van der Waals surface area contributed by atoms with Gasteiger partial charge in [-0.25, -0.2) is 0 Å². The van der Waals surface area contributed by atoms with Gasteiger partial charge in [0, 0.05) is 54.3 Å². The van der Waals surface area contributed by atoms with Crippen LogP contribution in [0.25, 0.3) is 121 Å². The topological polar surface area (TPSA) is 67.3 Å². The first-order valence-electron chi connectivity index (χ1n) is 23.2. The molecule has 14 aromatic rings. The molecule has 0 amide bonds. The summed E-state index contributed by atoms with van der Waals surface area (Å²) in [6, 6.07) is 80.0. The Morgan fingerprint density at radius 2 is 0.710 bits per heavy atom. The summed E-state index contributed by atoms with van der Waals surface area (Å²) in [7, 11) is 0. The van der Waals surface area contributed by atoms with Gasteiger partial charge in [-0.1, -0.05) is 163 Å². The summed E-state index contributed by atoms with van der Waals surface area (Å²) in [5, 5.41) is 33.1. The molecule has 4 heterocycles. The number of hydrogen-bond acceptors (Lipinski definition) is 2. The van der Waals surface area contributed by atoms with Gasteiger partial charge in [0.1, 0.15) is 23.3 Å². The molecule has 0 unspecified atom stereocenters. The Morgan fingerprint density at radius 1 is 0.319 bits per heavy atom. The smallest absolute Gasteiger partial charge is 0.104 e. The lowest BCUT2D eigenvalue weighted by atomic mass is 9.91. The summed E-state index contributed by atoms with van der Waals surface area (Å²) >= 11 is 0. The Kier molecular flexibility index (Phi) is 8.23. The van der Waals surface area contributed by atoms with Crippen LogP contribution in [0.15, 0.2) is 212 Å². The molecule has 0 aliphatic heterocycles. The lowest BCUT2D eigenvalue weighted by Crippen LogP contribution is -2.14. The zero-order valence-electron chi connectivity index (χ0n) is 37.4. The molecule has 0 radical (unpaired) electrons. The summed E-state index contributed by atoms with van der Waals surface area (Å²) in [5.41, 5.74) is 14.3. The first kappa shape index (κ1) is 38.6. The van der Waals surface area contributed by atoms with E-state index in [0.29, 0.717) is 28.2 Å². The zero-order valence-corrected chi connectivity index (χ0v) is 37.4. The molecule has 6 heteroatoms. The Balaban J connectivity index is 1.30. The van der Waals surface area contributed by atoms with Crippen molar-refractivity contribution in [1.82, 2.24) is 18.3 Å². The average Bonchev–Trinajstić information content (AvgIpc) is 4.13. The van der Waals surface area contributed by atoms with Crippen LogP contribution in [-0.2, 0) is 0 Å². The second kappa shape index (κ2) is 14.7. The van der Waals surface area contributed by atoms with E-state index in [-0.39, 0.29) is 0 Å². The molecule has 0 saturated carbocycles. The van der Waals surface area contributed by atoms with Crippen LogP contribution in [0.2, 0.25) is 0 Å². The van der Waals surface area contributed by atoms with E-state index in [4.69, 9.17) is 0 Å². The Hall–Kier alpha value is -9.62. The van der Waals surface area contributed by atoms with E-state index in [1.807, 2.05) is 6.07 Å². The van der Waals surface area contributed by atoms with Crippen LogP contribution < -0.4 is 0 Å². The molecule has 320 valence electrons. The number of aryl methyl sites for hydroxylation is 1. The summed E-state index contributed by atoms with van der Waals surface area (Å²) in [6.07, 6.45) is 0. The maximum Gasteiger partial charge on any atom is 0.104 e. The third-order valence-electron chi connectivity index (χ3n) is 14.3. The van der Waals surface area contributed by atoms with Crippen molar-refractivity contribution in [3.05, 3.63) is 229 Å². The minimum Gasteiger partial charge on any atom is -0.309 e. The molecule has 0 aliphatic rings. The van der Waals surface area contributed by atoms with Crippen LogP contribution in [0.4, 0.5) is 0 Å². The van der Waals surface area contributed by atoms with Gasteiger partial charge >= 0.3 is 0 Å². The minimum absolute atomic E-state index is 0.393. The zero-order chi connectivity index (χ0) is 45.9. The third-order valence-corrected chi connectivity index (χ3v) is 14.3. The summed E-state index contributed by atoms with van der Waals surface area (Å²) in [4.78, 5) is 0. The summed E-state index contributed by atoms with van der Waals surface area (Å²) in [5.74, 6) is 0. The van der Waals surface area contributed by atoms with Crippen LogP contribution in [0.5, 0.6) is 0 Å². The highest BCUT2D eigenvalue weighted by atomic mass is 15.1. The number of rotatable bonds is 5. The monoisotopic (exact) mass is 878 g/mol. The number of aromatic nitrogens is 4. The molecule has 0 N–H and O–H groups in total. The highest BCUT2D eigenvalue weighted by Crippen LogP contribution is 2.50. The SMILES string of the molecule is Cc1ccc(-c2c(-n3c4ccccc4c4ccccc43)c(C#N)c(-n3c4ccccc4c4ccc5c(c6ccccc6n5-c5ccccc5)c43)c(C#N)c2-n2c3ccccc3c3ccccc32)cc1. The lowest BCUT2D eigenvalue weighted by Gasteiger charge is -2.26. The molecular weight excluding hydrogens is 841 g/mol. The van der Waals surface area contributed by atoms with Gasteiger partial charge in [-0.05, 0) is 67.1 Å². The standard InChI is InChI=1S/C63H38N6/c1-39-31-33-40(34-32-39)58-62(67-51-25-11-5-19-42(51)43-20-6-12-26-52(43)67)49(37-64)60(50(38-65)63(58)68-53-27-13-7-21-44(53)45-22-8-14-28-54(45)68)69-55-29-15-9-23-46(55)47-35-36-57-59(61(47)69)48-24-10-16-30-56(48)66(57)41-17-3-2-4-18-41/h2-36H,1H3. The lowest BCUT2D eigenvalue weighted by molar-refractivity contribution is 1.08. The van der Waals surface area contributed by atoms with Crippen molar-refractivity contribution in [2.24, 2.45) is 0 Å². The average molecular weight is 879 g/mol. The van der Waals surface area contributed by atoms with Crippen molar-refractivity contribution in [3.8, 4) is 46.0 Å². The molecule has 14 rings (SSSR count). The molecule has 69 heavy (non-hydrogen) atoms. The Morgan fingerprint density at radius 3 is 1.17 bits per heavy atom. The maximum absolute atomic E-state index is 12.3. The fourth-order valence-electron chi connectivity index (χ4n) is 11.5. The number of nitrogens with zero attached hydrogens (tertiary/aromatic N) is 6. The van der Waals surface area contributed by atoms with Gasteiger partial charge in [0.2, 0.25) is 0 Å². The van der Waals surface area contributed by atoms with Crippen molar-refractivity contribution in [2.45, 2.75) is 6.92 Å². The van der Waals surface area contributed by atoms with Crippen LogP contribution in [0.1, 0.15) is 16.7 Å². The predicted octanol–water partition coefficient (Wildman–Crippen LogP) is 15.8. The van der Waals surface area contributed by atoms with E-state index in [0.717, 1.165) is 110 Å². The Labute approximate surface area is 396 Å². The fourth-order valence-corrected chi connectivity index (χ4v) is 11.5. The quantitative estimate of drug-likeness (QED) is 0.173. The molecule has 0 fully saturated rings. The van der Waals surface area contributed by atoms with Gasteiger partial charge in [0.15, 0.2) is 0 Å². The van der Waals surface area contributed by atoms with Crippen LogP contribution >= 0.6 is 0 Å². The highest BCUT2D eigenvalue weighted by Gasteiger charge is 2.33. The largest absolute Gasteiger partial charge is 0.309 e. The number of para-hydroxylation sites is 7. The van der Waals surface area contributed by atoms with Crippen molar-refractivity contribution >= 4 is 87.2 Å². The van der Waals surface area contributed by atoms with Crippen LogP contribution in [0.3, 0.4) is 0 Å². The van der Waals surface area contributed by atoms with E-state index < -0.39 is 0 Å². The molecule has 0 bridgehead atoms. The summed E-state index contributed by atoms with van der Waals surface area (Å²) < 4.78 is 9.14. The van der Waals surface area contributed by atoms with Gasteiger partial charge in [-0.15, -0.1) is 0 Å². The number of hydrogen-bond donors (Lipinski definition) is 0. The minimum atomic E-state index is 0.393. The van der Waals surface area contributed by atoms with E-state index >= 15 is 0 Å². The van der Waals surface area contributed by atoms with Crippen LogP contribution in [-0.4, -0.2) is 18.3 Å². The molecule has 0 spiro atoms. The van der Waals surface area contributed by atoms with Gasteiger partial charge in [0.25, 0.3) is 0 Å². The van der Waals surface area contributed by atoms with Gasteiger partial charge < -0.3 is 18.3 Å². The van der Waals surface area contributed by atoms with Crippen molar-refractivity contribution in [1.29, 1.82) is 10.5 Å². The fraction of sp³-hybridized carbons (Fsp3) is 0.0159. The van der Waals surface area contributed by atoms with Crippen molar-refractivity contribution in [2.75, 3.05) is 0 Å². The van der Waals surface area contributed by atoms with Gasteiger partial charge in [-0.2, -0.15) is 10.5 Å². The second-order valence-corrected chi connectivity index (χ2v) is 17.9. The molecule has 0 aliphatic carbocycles.